The van der Waals surface area contributed by atoms with Crippen LogP contribution in [0.25, 0.3) is 28.3 Å². The Hall–Kier alpha value is -2.71. The molecule has 1 unspecified atom stereocenters. The first-order valence-electron chi connectivity index (χ1n) is 16.7. The van der Waals surface area contributed by atoms with Crippen molar-refractivity contribution in [2.45, 2.75) is 110 Å². The Labute approximate surface area is 322 Å². The fourth-order valence-corrected chi connectivity index (χ4v) is 6.52. The summed E-state index contributed by atoms with van der Waals surface area (Å²) < 4.78 is 14.7. The van der Waals surface area contributed by atoms with Crippen LogP contribution in [-0.4, -0.2) is 104 Å². The van der Waals surface area contributed by atoms with Gasteiger partial charge in [0.2, 0.25) is 5.78 Å². The molecule has 3 heterocycles. The first-order valence-corrected chi connectivity index (χ1v) is 16.7. The maximum absolute atomic E-state index is 14.5. The molecule has 5 aromatic rings. The molecule has 6 rings (SSSR count). The fraction of sp³-hybridized carbons (Fsp3) is 0.472. The Kier molecular flexibility index (Phi) is 11.8. The topological polar surface area (TPSA) is 141 Å². The molecule has 1 aliphatic carbocycles. The normalized spacial score (nSPS) is 17.4. The fourth-order valence-electron chi connectivity index (χ4n) is 6.52. The van der Waals surface area contributed by atoms with Crippen LogP contribution in [-0.2, 0) is 17.6 Å². The number of nitrogens with zero attached hydrogens (tertiary/aromatic N) is 5. The van der Waals surface area contributed by atoms with Gasteiger partial charge in [-0.15, -0.1) is 0 Å². The van der Waals surface area contributed by atoms with Gasteiger partial charge in [-0.3, -0.25) is 18.9 Å². The summed E-state index contributed by atoms with van der Waals surface area (Å²) in [5.41, 5.74) is 4.38. The van der Waals surface area contributed by atoms with E-state index in [4.69, 9.17) is 19.3 Å². The molecule has 1 aliphatic rings. The number of rotatable bonds is 11. The van der Waals surface area contributed by atoms with E-state index < -0.39 is 11.4 Å². The van der Waals surface area contributed by atoms with Crippen LogP contribution in [0.3, 0.4) is 0 Å². The number of unbranched alkanes of at least 4 members (excludes halogenated alkanes) is 1. The molecule has 2 aromatic carbocycles. The predicted octanol–water partition coefficient (Wildman–Crippen LogP) is 5.15. The molecule has 2 N–H and O–H groups in total. The van der Waals surface area contributed by atoms with Crippen LogP contribution < -0.4 is 11.3 Å². The molecule has 11 nitrogen and oxygen atoms in total. The minimum absolute atomic E-state index is 0. The molecule has 0 amide bonds. The quantitative estimate of drug-likeness (QED) is 0.183. The second kappa shape index (κ2) is 15.4. The summed E-state index contributed by atoms with van der Waals surface area (Å²) in [6.07, 6.45) is 6.05. The number of aromatic nitrogens is 6. The Bertz CT molecular complexity index is 1960. The monoisotopic (exact) mass is 680 g/mol. The molecule has 1 fully saturated rings. The molecule has 250 valence electrons. The zero-order valence-corrected chi connectivity index (χ0v) is 27.8. The molecule has 48 heavy (non-hydrogen) atoms. The van der Waals surface area contributed by atoms with Crippen molar-refractivity contribution in [3.63, 3.8) is 0 Å². The third kappa shape index (κ3) is 7.85. The van der Waals surface area contributed by atoms with Gasteiger partial charge in [0, 0.05) is 23.6 Å². The van der Waals surface area contributed by atoms with E-state index in [0.29, 0.717) is 23.8 Å². The van der Waals surface area contributed by atoms with E-state index >= 15 is 0 Å². The van der Waals surface area contributed by atoms with Crippen molar-refractivity contribution >= 4 is 57.2 Å². The molecule has 0 saturated heterocycles. The van der Waals surface area contributed by atoms with E-state index in [1.54, 1.807) is 13.8 Å². The van der Waals surface area contributed by atoms with E-state index in [9.17, 15) is 14.7 Å². The van der Waals surface area contributed by atoms with E-state index in [0.717, 1.165) is 78.5 Å². The SMILES string of the molecule is CCCCc1c(Cc2ccc(-c3ccccc3-c3noc(=O)[nH]3)cc2)c(=O)n(C2CCC(OC(C)C(C)(C)O)CC2)c2nc(C)nn12.[KH]. The molecular formula is C36H45KN6O5. The van der Waals surface area contributed by atoms with Crippen LogP contribution in [0.5, 0.6) is 0 Å². The molecule has 12 heteroatoms. The number of H-pyrrole nitrogens is 1. The van der Waals surface area contributed by atoms with Crippen molar-refractivity contribution in [2.75, 3.05) is 0 Å². The Morgan fingerprint density at radius 3 is 2.38 bits per heavy atom. The van der Waals surface area contributed by atoms with E-state index in [2.05, 4.69) is 17.1 Å². The zero-order chi connectivity index (χ0) is 33.3. The predicted molar refractivity (Wildman–Crippen MR) is 187 cm³/mol. The molecule has 0 spiro atoms. The van der Waals surface area contributed by atoms with Crippen molar-refractivity contribution in [3.8, 4) is 22.5 Å². The average molecular weight is 681 g/mol. The maximum atomic E-state index is 14.5. The summed E-state index contributed by atoms with van der Waals surface area (Å²) in [6.45, 7) is 9.46. The van der Waals surface area contributed by atoms with Crippen molar-refractivity contribution in [1.82, 2.24) is 29.3 Å². The van der Waals surface area contributed by atoms with E-state index in [1.807, 2.05) is 71.5 Å². The summed E-state index contributed by atoms with van der Waals surface area (Å²) in [7, 11) is 0. The van der Waals surface area contributed by atoms with Gasteiger partial charge < -0.3 is 9.84 Å². The second-order valence-corrected chi connectivity index (χ2v) is 13.3. The molecular weight excluding hydrogens is 636 g/mol. The number of hydrogen-bond acceptors (Lipinski definition) is 8. The molecule has 0 bridgehead atoms. The third-order valence-corrected chi connectivity index (χ3v) is 9.43. The van der Waals surface area contributed by atoms with E-state index in [1.165, 1.54) is 0 Å². The minimum atomic E-state index is -0.916. The standard InChI is InChI=1S/C36H44N6O5.K.H/c1-6-7-12-31-30(21-24-13-15-25(16-14-24)28-10-8-9-11-29(28)32-38-35(44)47-40-32)33(43)41(34-37-23(3)39-42(31)34)26-17-19-27(20-18-26)46-22(2)36(4,5)45;;/h8-11,13-16,22,26-27,45H,6-7,12,17-21H2,1-5H3,(H,38,40,44);;. The summed E-state index contributed by atoms with van der Waals surface area (Å²) in [6, 6.07) is 15.8. The van der Waals surface area contributed by atoms with Gasteiger partial charge in [-0.05, 0) is 82.9 Å². The number of aryl methyl sites for hydroxylation is 2. The summed E-state index contributed by atoms with van der Waals surface area (Å²) in [5, 5.41) is 19.0. The first kappa shape index (κ1) is 36.6. The van der Waals surface area contributed by atoms with Crippen LogP contribution in [0, 0.1) is 6.92 Å². The second-order valence-electron chi connectivity index (χ2n) is 13.3. The van der Waals surface area contributed by atoms with Crippen molar-refractivity contribution in [3.05, 3.63) is 92.1 Å². The number of hydrogen-bond donors (Lipinski definition) is 2. The number of aromatic amines is 1. The third-order valence-electron chi connectivity index (χ3n) is 9.43. The summed E-state index contributed by atoms with van der Waals surface area (Å²) >= 11 is 0. The number of fused-ring (bicyclic) bond motifs is 1. The van der Waals surface area contributed by atoms with Gasteiger partial charge in [-0.25, -0.2) is 9.31 Å². The number of nitrogens with one attached hydrogen (secondary N) is 1. The van der Waals surface area contributed by atoms with Crippen molar-refractivity contribution in [2.24, 2.45) is 0 Å². The number of aliphatic hydroxyl groups is 1. The molecule has 1 saturated carbocycles. The first-order chi connectivity index (χ1) is 22.5. The zero-order valence-electron chi connectivity index (χ0n) is 27.8. The van der Waals surface area contributed by atoms with Gasteiger partial charge in [-0.1, -0.05) is 67.0 Å². The molecule has 0 radical (unpaired) electrons. The van der Waals surface area contributed by atoms with Crippen molar-refractivity contribution in [1.29, 1.82) is 0 Å². The van der Waals surface area contributed by atoms with Crippen LogP contribution in [0.15, 0.2) is 62.6 Å². The summed E-state index contributed by atoms with van der Waals surface area (Å²) in [5.74, 6) is 1.02. The van der Waals surface area contributed by atoms with Gasteiger partial charge in [0.25, 0.3) is 5.56 Å². The Morgan fingerprint density at radius 2 is 1.75 bits per heavy atom. The van der Waals surface area contributed by atoms with Crippen LogP contribution in [0.2, 0.25) is 0 Å². The molecule has 3 aromatic heterocycles. The van der Waals surface area contributed by atoms with E-state index in [-0.39, 0.29) is 75.2 Å². The Morgan fingerprint density at radius 1 is 1.06 bits per heavy atom. The number of ether oxygens (including phenoxy) is 1. The van der Waals surface area contributed by atoms with Crippen LogP contribution in [0.4, 0.5) is 0 Å². The average Bonchev–Trinajstić information content (AvgIpc) is 3.66. The van der Waals surface area contributed by atoms with Gasteiger partial charge in [0.15, 0.2) is 5.82 Å². The van der Waals surface area contributed by atoms with Gasteiger partial charge in [0.1, 0.15) is 5.82 Å². The van der Waals surface area contributed by atoms with Gasteiger partial charge >= 0.3 is 57.1 Å². The molecule has 0 aliphatic heterocycles. The van der Waals surface area contributed by atoms with Gasteiger partial charge in [0.05, 0.1) is 23.5 Å². The van der Waals surface area contributed by atoms with Crippen LogP contribution in [0.1, 0.15) is 94.9 Å². The summed E-state index contributed by atoms with van der Waals surface area (Å²) in [4.78, 5) is 33.5. The number of benzene rings is 2. The molecule has 1 atom stereocenters. The Balaban J connectivity index is 0.00000451. The van der Waals surface area contributed by atoms with Crippen molar-refractivity contribution < 1.29 is 14.4 Å². The van der Waals surface area contributed by atoms with Gasteiger partial charge in [-0.2, -0.15) is 10.1 Å². The van der Waals surface area contributed by atoms with Crippen LogP contribution >= 0.6 is 0 Å².